The molecule has 5 heteroatoms. The molecule has 1 fully saturated rings. The van der Waals surface area contributed by atoms with Gasteiger partial charge < -0.3 is 5.11 Å². The summed E-state index contributed by atoms with van der Waals surface area (Å²) in [5.41, 5.74) is 0.741. The van der Waals surface area contributed by atoms with E-state index in [0.29, 0.717) is 12.1 Å². The number of benzene rings is 1. The molecule has 1 unspecified atom stereocenters. The second kappa shape index (κ2) is 4.64. The average Bonchev–Trinajstić information content (AvgIpc) is 3.06. The normalized spacial score (nSPS) is 19.5. The average molecular weight is 269 g/mol. The summed E-state index contributed by atoms with van der Waals surface area (Å²) in [6.45, 7) is 4.17. The fraction of sp³-hybridized carbons (Fsp3) is 0.538. The molecule has 0 heterocycles. The first kappa shape index (κ1) is 13.5. The topological polar surface area (TPSA) is 66.4 Å². The lowest BCUT2D eigenvalue weighted by atomic mass is 10.1. The molecule has 100 valence electrons. The van der Waals surface area contributed by atoms with Gasteiger partial charge in [0, 0.05) is 6.54 Å². The van der Waals surface area contributed by atoms with Crippen molar-refractivity contribution in [2.45, 2.75) is 37.7 Å². The van der Waals surface area contributed by atoms with E-state index >= 15 is 0 Å². The Hall–Kier alpha value is -0.910. The molecule has 0 aromatic heterocycles. The van der Waals surface area contributed by atoms with Crippen LogP contribution in [0, 0.1) is 5.41 Å². The van der Waals surface area contributed by atoms with Gasteiger partial charge >= 0.3 is 0 Å². The van der Waals surface area contributed by atoms with E-state index in [4.69, 9.17) is 0 Å². The largest absolute Gasteiger partial charge is 0.389 e. The molecule has 0 spiro atoms. The quantitative estimate of drug-likeness (QED) is 0.857. The summed E-state index contributed by atoms with van der Waals surface area (Å²) in [5.74, 6) is 0. The van der Waals surface area contributed by atoms with Gasteiger partial charge in [-0.2, -0.15) is 0 Å². The van der Waals surface area contributed by atoms with Crippen molar-refractivity contribution in [1.29, 1.82) is 0 Å². The number of aliphatic hydroxyl groups is 1. The Bertz CT molecular complexity index is 533. The summed E-state index contributed by atoms with van der Waals surface area (Å²) >= 11 is 0. The minimum Gasteiger partial charge on any atom is -0.389 e. The Balaban J connectivity index is 2.15. The minimum absolute atomic E-state index is 0.134. The van der Waals surface area contributed by atoms with Gasteiger partial charge in [0.25, 0.3) is 0 Å². The monoisotopic (exact) mass is 269 g/mol. The fourth-order valence-corrected chi connectivity index (χ4v) is 2.94. The zero-order valence-electron chi connectivity index (χ0n) is 10.7. The molecule has 0 saturated heterocycles. The van der Waals surface area contributed by atoms with Crippen LogP contribution < -0.4 is 4.72 Å². The highest BCUT2D eigenvalue weighted by molar-refractivity contribution is 7.89. The highest BCUT2D eigenvalue weighted by Gasteiger charge is 2.38. The van der Waals surface area contributed by atoms with E-state index in [1.165, 1.54) is 6.07 Å². The maximum Gasteiger partial charge on any atom is 0.240 e. The first-order valence-corrected chi connectivity index (χ1v) is 7.58. The van der Waals surface area contributed by atoms with Crippen molar-refractivity contribution in [3.63, 3.8) is 0 Å². The van der Waals surface area contributed by atoms with E-state index in [-0.39, 0.29) is 10.3 Å². The van der Waals surface area contributed by atoms with Crippen LogP contribution in [0.3, 0.4) is 0 Å². The SMILES string of the molecule is CC(O)c1cccc(S(=O)(=O)NCC2(C)CC2)c1. The summed E-state index contributed by atoms with van der Waals surface area (Å²) in [7, 11) is -3.47. The van der Waals surface area contributed by atoms with Crippen molar-refractivity contribution in [3.05, 3.63) is 29.8 Å². The number of rotatable bonds is 5. The van der Waals surface area contributed by atoms with E-state index in [0.717, 1.165) is 12.8 Å². The molecule has 0 amide bonds. The Morgan fingerprint density at radius 3 is 2.67 bits per heavy atom. The second-order valence-electron chi connectivity index (χ2n) is 5.38. The molecular formula is C13H19NO3S. The molecule has 0 aliphatic heterocycles. The van der Waals surface area contributed by atoms with Crippen molar-refractivity contribution in [1.82, 2.24) is 4.72 Å². The number of hydrogen-bond donors (Lipinski definition) is 2. The number of aliphatic hydroxyl groups excluding tert-OH is 1. The van der Waals surface area contributed by atoms with Crippen LogP contribution in [0.25, 0.3) is 0 Å². The van der Waals surface area contributed by atoms with Gasteiger partial charge in [-0.15, -0.1) is 0 Å². The predicted molar refractivity (Wildman–Crippen MR) is 69.6 cm³/mol. The minimum atomic E-state index is -3.47. The molecule has 0 bridgehead atoms. The van der Waals surface area contributed by atoms with Crippen LogP contribution in [0.15, 0.2) is 29.2 Å². The van der Waals surface area contributed by atoms with E-state index in [1.54, 1.807) is 25.1 Å². The Kier molecular flexibility index (Phi) is 3.49. The van der Waals surface area contributed by atoms with Crippen LogP contribution in [0.1, 0.15) is 38.4 Å². The van der Waals surface area contributed by atoms with Crippen molar-refractivity contribution in [2.24, 2.45) is 5.41 Å². The fourth-order valence-electron chi connectivity index (χ4n) is 1.68. The molecule has 0 radical (unpaired) electrons. The molecule has 1 aromatic carbocycles. The van der Waals surface area contributed by atoms with Gasteiger partial charge in [0.15, 0.2) is 0 Å². The number of nitrogens with one attached hydrogen (secondary N) is 1. The van der Waals surface area contributed by atoms with Crippen molar-refractivity contribution >= 4 is 10.0 Å². The van der Waals surface area contributed by atoms with Gasteiger partial charge in [-0.3, -0.25) is 0 Å². The Labute approximate surface area is 108 Å². The summed E-state index contributed by atoms with van der Waals surface area (Å²) in [6, 6.07) is 6.42. The highest BCUT2D eigenvalue weighted by Crippen LogP contribution is 2.44. The predicted octanol–water partition coefficient (Wildman–Crippen LogP) is 1.82. The van der Waals surface area contributed by atoms with E-state index in [2.05, 4.69) is 11.6 Å². The van der Waals surface area contributed by atoms with Crippen LogP contribution in [-0.4, -0.2) is 20.1 Å². The lowest BCUT2D eigenvalue weighted by Crippen LogP contribution is -2.29. The van der Waals surface area contributed by atoms with Gasteiger partial charge in [0.1, 0.15) is 0 Å². The lowest BCUT2D eigenvalue weighted by molar-refractivity contribution is 0.199. The molecular weight excluding hydrogens is 250 g/mol. The van der Waals surface area contributed by atoms with Gasteiger partial charge in [-0.05, 0) is 42.9 Å². The molecule has 1 aliphatic carbocycles. The van der Waals surface area contributed by atoms with E-state index < -0.39 is 16.1 Å². The van der Waals surface area contributed by atoms with Gasteiger partial charge in [0.2, 0.25) is 10.0 Å². The van der Waals surface area contributed by atoms with Crippen LogP contribution >= 0.6 is 0 Å². The molecule has 2 N–H and O–H groups in total. The smallest absolute Gasteiger partial charge is 0.240 e. The number of sulfonamides is 1. The Morgan fingerprint density at radius 2 is 2.11 bits per heavy atom. The standard InChI is InChI=1S/C13H19NO3S/c1-10(15)11-4-3-5-12(8-11)18(16,17)14-9-13(2)6-7-13/h3-5,8,10,14-15H,6-7,9H2,1-2H3. The Morgan fingerprint density at radius 1 is 1.44 bits per heavy atom. The summed E-state index contributed by atoms with van der Waals surface area (Å²) in [4.78, 5) is 0.213. The molecule has 4 nitrogen and oxygen atoms in total. The second-order valence-corrected chi connectivity index (χ2v) is 7.15. The molecule has 1 aromatic rings. The van der Waals surface area contributed by atoms with Gasteiger partial charge in [-0.1, -0.05) is 19.1 Å². The molecule has 1 saturated carbocycles. The van der Waals surface area contributed by atoms with E-state index in [1.807, 2.05) is 0 Å². The van der Waals surface area contributed by atoms with Crippen LogP contribution in [-0.2, 0) is 10.0 Å². The van der Waals surface area contributed by atoms with Crippen molar-refractivity contribution in [3.8, 4) is 0 Å². The zero-order valence-corrected chi connectivity index (χ0v) is 11.5. The molecule has 18 heavy (non-hydrogen) atoms. The third-order valence-electron chi connectivity index (χ3n) is 3.44. The molecule has 1 atom stereocenters. The van der Waals surface area contributed by atoms with Crippen LogP contribution in [0.5, 0.6) is 0 Å². The molecule has 1 aliphatic rings. The third kappa shape index (κ3) is 3.10. The van der Waals surface area contributed by atoms with Crippen molar-refractivity contribution in [2.75, 3.05) is 6.54 Å². The van der Waals surface area contributed by atoms with Crippen molar-refractivity contribution < 1.29 is 13.5 Å². The summed E-state index contributed by atoms with van der Waals surface area (Å²) in [5, 5.41) is 9.47. The maximum atomic E-state index is 12.1. The zero-order chi connectivity index (χ0) is 13.4. The first-order valence-electron chi connectivity index (χ1n) is 6.10. The first-order chi connectivity index (χ1) is 8.32. The van der Waals surface area contributed by atoms with Gasteiger partial charge in [-0.25, -0.2) is 13.1 Å². The lowest BCUT2D eigenvalue weighted by Gasteiger charge is -2.12. The summed E-state index contributed by atoms with van der Waals surface area (Å²) < 4.78 is 26.8. The summed E-state index contributed by atoms with van der Waals surface area (Å²) in [6.07, 6.45) is 1.48. The van der Waals surface area contributed by atoms with E-state index in [9.17, 15) is 13.5 Å². The third-order valence-corrected chi connectivity index (χ3v) is 4.84. The highest BCUT2D eigenvalue weighted by atomic mass is 32.2. The van der Waals surface area contributed by atoms with Gasteiger partial charge in [0.05, 0.1) is 11.0 Å². The maximum absolute atomic E-state index is 12.1. The number of hydrogen-bond acceptors (Lipinski definition) is 3. The molecule has 2 rings (SSSR count). The van der Waals surface area contributed by atoms with Crippen LogP contribution in [0.2, 0.25) is 0 Å². The van der Waals surface area contributed by atoms with Crippen LogP contribution in [0.4, 0.5) is 0 Å².